The van der Waals surface area contributed by atoms with Gasteiger partial charge in [0.1, 0.15) is 5.82 Å². The second kappa shape index (κ2) is 9.68. The Morgan fingerprint density at radius 3 is 2.71 bits per heavy atom. The van der Waals surface area contributed by atoms with Gasteiger partial charge >= 0.3 is 5.97 Å². The lowest BCUT2D eigenvalue weighted by Crippen LogP contribution is -2.58. The summed E-state index contributed by atoms with van der Waals surface area (Å²) in [5.41, 5.74) is 1.71. The Morgan fingerprint density at radius 2 is 2.00 bits per heavy atom. The highest BCUT2D eigenvalue weighted by Crippen LogP contribution is 2.64. The van der Waals surface area contributed by atoms with E-state index in [1.807, 2.05) is 25.1 Å². The molecule has 0 bridgehead atoms. The molecule has 1 aliphatic heterocycles. The maximum atomic E-state index is 13.5. The zero-order valence-corrected chi connectivity index (χ0v) is 20.0. The molecular weight excluding hydrogens is 433 g/mol. The fourth-order valence-electron chi connectivity index (χ4n) is 6.97. The normalized spacial score (nSPS) is 31.9. The van der Waals surface area contributed by atoms with E-state index in [1.165, 1.54) is 37.8 Å². The predicted octanol–water partition coefficient (Wildman–Crippen LogP) is 3.66. The van der Waals surface area contributed by atoms with Crippen molar-refractivity contribution in [2.24, 2.45) is 11.3 Å². The lowest BCUT2D eigenvalue weighted by Gasteiger charge is -2.47. The van der Waals surface area contributed by atoms with Crippen molar-refractivity contribution >= 4 is 18.1 Å². The number of hydrogen-bond donors (Lipinski definition) is 1. The Morgan fingerprint density at radius 1 is 1.24 bits per heavy atom. The van der Waals surface area contributed by atoms with Crippen LogP contribution in [0.5, 0.6) is 0 Å². The molecule has 3 fully saturated rings. The lowest BCUT2D eigenvalue weighted by atomic mass is 9.78. The molecule has 1 aromatic rings. The number of rotatable bonds is 7. The molecule has 0 aromatic heterocycles. The van der Waals surface area contributed by atoms with Crippen LogP contribution in [0.15, 0.2) is 35.9 Å². The third-order valence-electron chi connectivity index (χ3n) is 8.71. The molecule has 184 valence electrons. The fourth-order valence-corrected chi connectivity index (χ4v) is 6.97. The van der Waals surface area contributed by atoms with E-state index in [0.29, 0.717) is 37.5 Å². The highest BCUT2D eigenvalue weighted by Gasteiger charge is 2.64. The summed E-state index contributed by atoms with van der Waals surface area (Å²) in [5, 5.41) is 3.08. The summed E-state index contributed by atoms with van der Waals surface area (Å²) in [6.45, 7) is 5.02. The number of nitrogens with one attached hydrogen (secondary N) is 1. The standard InChI is InChI=1S/C27H36FN3O3/c1-2-34-26(33)19-7-12-25(29-18-32)27(15-19)16-23(27)24-17-30(21-10-8-20(28)9-11-21)13-14-31(24)22-5-3-4-6-22/h7-11,18,22-25H,2-6,12-17H2,1H3,(H,29,32). The number of ether oxygens (including phenoxy) is 1. The van der Waals surface area contributed by atoms with Crippen molar-refractivity contribution in [1.82, 2.24) is 10.2 Å². The molecule has 0 radical (unpaired) electrons. The Kier molecular flexibility index (Phi) is 6.65. The maximum absolute atomic E-state index is 13.5. The van der Waals surface area contributed by atoms with E-state index >= 15 is 0 Å². The number of anilines is 1. The number of piperazine rings is 1. The van der Waals surface area contributed by atoms with E-state index in [0.717, 1.165) is 43.7 Å². The molecule has 6 nitrogen and oxygen atoms in total. The zero-order valence-electron chi connectivity index (χ0n) is 20.0. The molecule has 2 saturated carbocycles. The lowest BCUT2D eigenvalue weighted by molar-refractivity contribution is -0.139. The van der Waals surface area contributed by atoms with Gasteiger partial charge in [0.15, 0.2) is 0 Å². The molecular formula is C27H36FN3O3. The smallest absolute Gasteiger partial charge is 0.333 e. The van der Waals surface area contributed by atoms with Gasteiger partial charge in [-0.2, -0.15) is 0 Å². The third kappa shape index (κ3) is 4.35. The summed E-state index contributed by atoms with van der Waals surface area (Å²) in [6, 6.07) is 7.82. The first-order valence-electron chi connectivity index (χ1n) is 12.9. The van der Waals surface area contributed by atoms with Crippen molar-refractivity contribution in [3.05, 3.63) is 41.7 Å². The molecule has 4 aliphatic rings. The Balaban J connectivity index is 1.41. The minimum absolute atomic E-state index is 0.0415. The zero-order chi connectivity index (χ0) is 23.7. The molecule has 4 unspecified atom stereocenters. The van der Waals surface area contributed by atoms with Crippen molar-refractivity contribution in [3.8, 4) is 0 Å². The first-order chi connectivity index (χ1) is 16.6. The predicted molar refractivity (Wildman–Crippen MR) is 129 cm³/mol. The molecule has 1 amide bonds. The monoisotopic (exact) mass is 469 g/mol. The summed E-state index contributed by atoms with van der Waals surface area (Å²) in [7, 11) is 0. The van der Waals surface area contributed by atoms with Crippen LogP contribution in [0.3, 0.4) is 0 Å². The average Bonchev–Trinajstić information content (AvgIpc) is 3.27. The van der Waals surface area contributed by atoms with Gasteiger partial charge in [0.05, 0.1) is 6.61 Å². The van der Waals surface area contributed by atoms with Crippen LogP contribution in [0.4, 0.5) is 10.1 Å². The van der Waals surface area contributed by atoms with Gasteiger partial charge in [0, 0.05) is 49.0 Å². The second-order valence-electron chi connectivity index (χ2n) is 10.4. The number of carbonyl (C=O) groups is 2. The Labute approximate surface area is 201 Å². The molecule has 1 heterocycles. The highest BCUT2D eigenvalue weighted by atomic mass is 19.1. The van der Waals surface area contributed by atoms with Crippen LogP contribution in [0, 0.1) is 17.2 Å². The van der Waals surface area contributed by atoms with E-state index in [-0.39, 0.29) is 23.2 Å². The van der Waals surface area contributed by atoms with Gasteiger partial charge in [-0.3, -0.25) is 9.69 Å². The van der Waals surface area contributed by atoms with Crippen LogP contribution in [-0.4, -0.2) is 61.6 Å². The van der Waals surface area contributed by atoms with Crippen LogP contribution in [0.2, 0.25) is 0 Å². The Bertz CT molecular complexity index is 930. The first-order valence-corrected chi connectivity index (χ1v) is 12.9. The van der Waals surface area contributed by atoms with Gasteiger partial charge < -0.3 is 15.0 Å². The second-order valence-corrected chi connectivity index (χ2v) is 10.4. The van der Waals surface area contributed by atoms with E-state index < -0.39 is 0 Å². The minimum Gasteiger partial charge on any atom is -0.463 e. The molecule has 7 heteroatoms. The van der Waals surface area contributed by atoms with Gasteiger partial charge in [-0.15, -0.1) is 0 Å². The number of halogens is 1. The topological polar surface area (TPSA) is 61.9 Å². The van der Waals surface area contributed by atoms with Crippen LogP contribution in [-0.2, 0) is 14.3 Å². The third-order valence-corrected chi connectivity index (χ3v) is 8.71. The molecule has 1 spiro atoms. The highest BCUT2D eigenvalue weighted by molar-refractivity contribution is 5.89. The summed E-state index contributed by atoms with van der Waals surface area (Å²) in [4.78, 5) is 29.1. The molecule has 4 atom stereocenters. The summed E-state index contributed by atoms with van der Waals surface area (Å²) >= 11 is 0. The maximum Gasteiger partial charge on any atom is 0.333 e. The largest absolute Gasteiger partial charge is 0.463 e. The van der Waals surface area contributed by atoms with Gasteiger partial charge in [-0.25, -0.2) is 9.18 Å². The number of benzene rings is 1. The summed E-state index contributed by atoms with van der Waals surface area (Å²) in [5.74, 6) is -0.0393. The van der Waals surface area contributed by atoms with E-state index in [2.05, 4.69) is 15.1 Å². The Hall–Kier alpha value is -2.41. The van der Waals surface area contributed by atoms with Crippen LogP contribution in [0.25, 0.3) is 0 Å². The van der Waals surface area contributed by atoms with E-state index in [4.69, 9.17) is 4.74 Å². The minimum atomic E-state index is -0.221. The van der Waals surface area contributed by atoms with Crippen molar-refractivity contribution in [3.63, 3.8) is 0 Å². The molecule has 1 saturated heterocycles. The average molecular weight is 470 g/mol. The molecule has 1 aromatic carbocycles. The van der Waals surface area contributed by atoms with Crippen LogP contribution in [0.1, 0.15) is 51.9 Å². The van der Waals surface area contributed by atoms with Crippen LogP contribution >= 0.6 is 0 Å². The fraction of sp³-hybridized carbons (Fsp3) is 0.630. The molecule has 1 N–H and O–H groups in total. The van der Waals surface area contributed by atoms with Gasteiger partial charge in [-0.05, 0) is 74.6 Å². The van der Waals surface area contributed by atoms with Gasteiger partial charge in [0.25, 0.3) is 0 Å². The summed E-state index contributed by atoms with van der Waals surface area (Å²) < 4.78 is 18.9. The molecule has 34 heavy (non-hydrogen) atoms. The van der Waals surface area contributed by atoms with Gasteiger partial charge in [0.2, 0.25) is 6.41 Å². The molecule has 5 rings (SSSR count). The van der Waals surface area contributed by atoms with Crippen molar-refractivity contribution < 1.29 is 18.7 Å². The van der Waals surface area contributed by atoms with Crippen molar-refractivity contribution in [2.45, 2.75) is 70.0 Å². The number of esters is 1. The van der Waals surface area contributed by atoms with E-state index in [1.54, 1.807) is 0 Å². The number of carbonyl (C=O) groups excluding carboxylic acids is 2. The first kappa shape index (κ1) is 23.3. The van der Waals surface area contributed by atoms with Crippen molar-refractivity contribution in [2.75, 3.05) is 31.1 Å². The van der Waals surface area contributed by atoms with Gasteiger partial charge in [-0.1, -0.05) is 18.9 Å². The van der Waals surface area contributed by atoms with Crippen LogP contribution < -0.4 is 10.2 Å². The molecule has 3 aliphatic carbocycles. The van der Waals surface area contributed by atoms with Crippen molar-refractivity contribution in [1.29, 1.82) is 0 Å². The number of nitrogens with zero attached hydrogens (tertiary/aromatic N) is 2. The van der Waals surface area contributed by atoms with E-state index in [9.17, 15) is 14.0 Å². The number of amides is 1. The SMILES string of the molecule is CCOC(=O)C1=CCC(NC=O)C2(C1)CC2C1CN(c2ccc(F)cc2)CCN1C1CCCC1. The quantitative estimate of drug-likeness (QED) is 0.488. The number of hydrogen-bond acceptors (Lipinski definition) is 5. The summed E-state index contributed by atoms with van der Waals surface area (Å²) in [6.07, 6.45) is 10.2.